The molecule has 0 radical (unpaired) electrons. The summed E-state index contributed by atoms with van der Waals surface area (Å²) >= 11 is 0. The van der Waals surface area contributed by atoms with E-state index in [1.165, 1.54) is 11.4 Å². The van der Waals surface area contributed by atoms with Crippen molar-refractivity contribution in [1.29, 1.82) is 0 Å². The van der Waals surface area contributed by atoms with Gasteiger partial charge in [0.15, 0.2) is 0 Å². The van der Waals surface area contributed by atoms with Gasteiger partial charge in [0.2, 0.25) is 0 Å². The van der Waals surface area contributed by atoms with E-state index in [2.05, 4.69) is 44.9 Å². The number of hydrogen-bond donors (Lipinski definition) is 0. The van der Waals surface area contributed by atoms with E-state index in [0.29, 0.717) is 0 Å². The molecule has 0 aliphatic carbocycles. The van der Waals surface area contributed by atoms with Crippen LogP contribution in [-0.2, 0) is 6.54 Å². The van der Waals surface area contributed by atoms with Crippen LogP contribution in [0.15, 0.2) is 0 Å². The molecule has 0 atom stereocenters. The van der Waals surface area contributed by atoms with Gasteiger partial charge in [-0.3, -0.25) is 4.68 Å². The molecule has 1 heterocycles. The lowest BCUT2D eigenvalue weighted by Gasteiger charge is -2.12. The Hall–Kier alpha value is -0.990. The van der Waals surface area contributed by atoms with Crippen molar-refractivity contribution >= 4 is 5.69 Å². The maximum Gasteiger partial charge on any atom is 0.0829 e. The Bertz CT molecular complexity index is 274. The topological polar surface area (TPSA) is 21.1 Å². The monoisotopic (exact) mass is 167 g/mol. The number of hydrogen-bond acceptors (Lipinski definition) is 2. The van der Waals surface area contributed by atoms with Gasteiger partial charge in [-0.2, -0.15) is 5.10 Å². The molecule has 1 aromatic heterocycles. The molecule has 3 heteroatoms. The van der Waals surface area contributed by atoms with E-state index in [0.717, 1.165) is 12.2 Å². The van der Waals surface area contributed by atoms with Crippen LogP contribution in [0.25, 0.3) is 0 Å². The zero-order chi connectivity index (χ0) is 9.30. The fourth-order valence-corrected chi connectivity index (χ4v) is 1.64. The molecule has 1 rings (SSSR count). The van der Waals surface area contributed by atoms with Crippen molar-refractivity contribution in [1.82, 2.24) is 9.78 Å². The highest BCUT2D eigenvalue weighted by Crippen LogP contribution is 2.21. The Morgan fingerprint density at radius 1 is 1.33 bits per heavy atom. The van der Waals surface area contributed by atoms with E-state index < -0.39 is 0 Å². The second kappa shape index (κ2) is 3.17. The molecular formula is C9H17N3. The summed E-state index contributed by atoms with van der Waals surface area (Å²) in [6.45, 7) is 7.22. The number of rotatable bonds is 2. The Morgan fingerprint density at radius 3 is 2.17 bits per heavy atom. The zero-order valence-electron chi connectivity index (χ0n) is 8.55. The largest absolute Gasteiger partial charge is 0.375 e. The number of aryl methyl sites for hydroxylation is 2. The molecule has 0 spiro atoms. The zero-order valence-corrected chi connectivity index (χ0v) is 8.55. The lowest BCUT2D eigenvalue weighted by molar-refractivity contribution is 0.634. The third-order valence-corrected chi connectivity index (χ3v) is 2.09. The quantitative estimate of drug-likeness (QED) is 0.667. The van der Waals surface area contributed by atoms with Crippen LogP contribution < -0.4 is 4.90 Å². The average Bonchev–Trinajstić information content (AvgIpc) is 2.25. The summed E-state index contributed by atoms with van der Waals surface area (Å²) in [6, 6.07) is 0. The van der Waals surface area contributed by atoms with Crippen molar-refractivity contribution in [2.75, 3.05) is 19.0 Å². The van der Waals surface area contributed by atoms with E-state index in [9.17, 15) is 0 Å². The highest BCUT2D eigenvalue weighted by molar-refractivity contribution is 5.53. The van der Waals surface area contributed by atoms with Crippen molar-refractivity contribution < 1.29 is 0 Å². The Balaban J connectivity index is 3.19. The molecule has 0 aliphatic rings. The van der Waals surface area contributed by atoms with Crippen molar-refractivity contribution in [3.63, 3.8) is 0 Å². The fourth-order valence-electron chi connectivity index (χ4n) is 1.64. The van der Waals surface area contributed by atoms with Crippen molar-refractivity contribution in [2.24, 2.45) is 0 Å². The molecule has 0 fully saturated rings. The summed E-state index contributed by atoms with van der Waals surface area (Å²) < 4.78 is 2.03. The normalized spacial score (nSPS) is 10.4. The second-order valence-electron chi connectivity index (χ2n) is 3.23. The van der Waals surface area contributed by atoms with Gasteiger partial charge in [-0.25, -0.2) is 0 Å². The Morgan fingerprint density at radius 2 is 1.92 bits per heavy atom. The predicted molar refractivity (Wildman–Crippen MR) is 51.7 cm³/mol. The van der Waals surface area contributed by atoms with Crippen LogP contribution in [0, 0.1) is 13.8 Å². The molecule has 0 unspecified atom stereocenters. The van der Waals surface area contributed by atoms with E-state index in [-0.39, 0.29) is 0 Å². The first-order valence-electron chi connectivity index (χ1n) is 4.29. The van der Waals surface area contributed by atoms with Crippen LogP contribution in [-0.4, -0.2) is 23.9 Å². The predicted octanol–water partition coefficient (Wildman–Crippen LogP) is 1.59. The van der Waals surface area contributed by atoms with Gasteiger partial charge in [0, 0.05) is 20.6 Å². The third-order valence-electron chi connectivity index (χ3n) is 2.09. The van der Waals surface area contributed by atoms with Crippen LogP contribution in [0.1, 0.15) is 18.3 Å². The van der Waals surface area contributed by atoms with Crippen molar-refractivity contribution in [3.8, 4) is 0 Å². The van der Waals surface area contributed by atoms with Crippen LogP contribution in [0.5, 0.6) is 0 Å². The van der Waals surface area contributed by atoms with Crippen LogP contribution in [0.2, 0.25) is 0 Å². The summed E-state index contributed by atoms with van der Waals surface area (Å²) in [4.78, 5) is 2.11. The molecule has 0 N–H and O–H groups in total. The lowest BCUT2D eigenvalue weighted by atomic mass is 10.3. The Labute approximate surface area is 74.0 Å². The SMILES string of the molecule is CCn1nc(C)c(N(C)C)c1C. The Kier molecular flexibility index (Phi) is 2.40. The lowest BCUT2D eigenvalue weighted by Crippen LogP contribution is -2.10. The van der Waals surface area contributed by atoms with E-state index in [4.69, 9.17) is 0 Å². The minimum absolute atomic E-state index is 0.945. The fraction of sp³-hybridized carbons (Fsp3) is 0.667. The van der Waals surface area contributed by atoms with Crippen LogP contribution in [0.3, 0.4) is 0 Å². The maximum absolute atomic E-state index is 4.42. The van der Waals surface area contributed by atoms with Crippen molar-refractivity contribution in [3.05, 3.63) is 11.4 Å². The molecule has 0 aromatic carbocycles. The van der Waals surface area contributed by atoms with Gasteiger partial charge >= 0.3 is 0 Å². The molecule has 0 aliphatic heterocycles. The van der Waals surface area contributed by atoms with Crippen molar-refractivity contribution in [2.45, 2.75) is 27.3 Å². The third kappa shape index (κ3) is 1.31. The first-order valence-corrected chi connectivity index (χ1v) is 4.29. The summed E-state index contributed by atoms with van der Waals surface area (Å²) in [5.74, 6) is 0. The number of nitrogens with zero attached hydrogens (tertiary/aromatic N) is 3. The first kappa shape index (κ1) is 9.10. The molecule has 68 valence electrons. The highest BCUT2D eigenvalue weighted by Gasteiger charge is 2.11. The smallest absolute Gasteiger partial charge is 0.0829 e. The second-order valence-corrected chi connectivity index (χ2v) is 3.23. The average molecular weight is 167 g/mol. The molecule has 0 saturated heterocycles. The summed E-state index contributed by atoms with van der Waals surface area (Å²) in [7, 11) is 4.11. The van der Waals surface area contributed by atoms with Gasteiger partial charge in [0.1, 0.15) is 0 Å². The molecule has 3 nitrogen and oxygen atoms in total. The van der Waals surface area contributed by atoms with Gasteiger partial charge < -0.3 is 4.90 Å². The summed E-state index contributed by atoms with van der Waals surface area (Å²) in [6.07, 6.45) is 0. The van der Waals surface area contributed by atoms with Crippen LogP contribution in [0.4, 0.5) is 5.69 Å². The minimum atomic E-state index is 0.945. The van der Waals surface area contributed by atoms with Gasteiger partial charge in [-0.1, -0.05) is 0 Å². The van der Waals surface area contributed by atoms with E-state index in [1.807, 2.05) is 4.68 Å². The van der Waals surface area contributed by atoms with E-state index in [1.54, 1.807) is 0 Å². The molecular weight excluding hydrogens is 150 g/mol. The first-order chi connectivity index (χ1) is 5.57. The molecule has 0 amide bonds. The number of anilines is 1. The van der Waals surface area contributed by atoms with Gasteiger partial charge in [-0.05, 0) is 20.8 Å². The molecule has 0 bridgehead atoms. The molecule has 1 aromatic rings. The van der Waals surface area contributed by atoms with Gasteiger partial charge in [0.25, 0.3) is 0 Å². The summed E-state index contributed by atoms with van der Waals surface area (Å²) in [5.41, 5.74) is 3.61. The standard InChI is InChI=1S/C9H17N3/c1-6-12-8(3)9(11(4)5)7(2)10-12/h6H2,1-5H3. The van der Waals surface area contributed by atoms with Crippen LogP contribution >= 0.6 is 0 Å². The number of aromatic nitrogens is 2. The maximum atomic E-state index is 4.42. The minimum Gasteiger partial charge on any atom is -0.375 e. The van der Waals surface area contributed by atoms with Gasteiger partial charge in [-0.15, -0.1) is 0 Å². The molecule has 0 saturated carbocycles. The summed E-state index contributed by atoms with van der Waals surface area (Å²) in [5, 5.41) is 4.42. The van der Waals surface area contributed by atoms with Gasteiger partial charge in [0.05, 0.1) is 17.1 Å². The van der Waals surface area contributed by atoms with E-state index >= 15 is 0 Å². The molecule has 12 heavy (non-hydrogen) atoms. The highest BCUT2D eigenvalue weighted by atomic mass is 15.3.